The van der Waals surface area contributed by atoms with Gasteiger partial charge in [-0.3, -0.25) is 0 Å². The zero-order chi connectivity index (χ0) is 8.59. The van der Waals surface area contributed by atoms with Gasteiger partial charge in [0.25, 0.3) is 0 Å². The summed E-state index contributed by atoms with van der Waals surface area (Å²) in [5.41, 5.74) is 5.31. The standard InChI is InChI=1S/C6H13NO4/c7-3-4(9)2(1-8)5(10)6(3)11/h2-6,8-11H,1,7H2/t2-,3+,4-,5-,6+/m0/s1. The topological polar surface area (TPSA) is 107 Å². The van der Waals surface area contributed by atoms with Crippen molar-refractivity contribution in [2.45, 2.75) is 24.4 Å². The van der Waals surface area contributed by atoms with E-state index in [0.717, 1.165) is 0 Å². The van der Waals surface area contributed by atoms with Crippen molar-refractivity contribution in [3.05, 3.63) is 0 Å². The molecule has 0 amide bonds. The molecule has 6 N–H and O–H groups in total. The molecule has 0 unspecified atom stereocenters. The van der Waals surface area contributed by atoms with Crippen molar-refractivity contribution in [2.75, 3.05) is 6.61 Å². The minimum Gasteiger partial charge on any atom is -0.396 e. The third kappa shape index (κ3) is 1.25. The fraction of sp³-hybridized carbons (Fsp3) is 1.00. The number of rotatable bonds is 1. The summed E-state index contributed by atoms with van der Waals surface area (Å²) >= 11 is 0. The Morgan fingerprint density at radius 2 is 1.55 bits per heavy atom. The molecule has 1 fully saturated rings. The molecule has 11 heavy (non-hydrogen) atoms. The molecule has 0 saturated heterocycles. The van der Waals surface area contributed by atoms with E-state index in [-0.39, 0.29) is 6.61 Å². The fourth-order valence-corrected chi connectivity index (χ4v) is 1.39. The average Bonchev–Trinajstić information content (AvgIpc) is 2.17. The number of aliphatic hydroxyl groups excluding tert-OH is 4. The summed E-state index contributed by atoms with van der Waals surface area (Å²) in [4.78, 5) is 0. The average molecular weight is 163 g/mol. The van der Waals surface area contributed by atoms with Crippen molar-refractivity contribution < 1.29 is 20.4 Å². The largest absolute Gasteiger partial charge is 0.396 e. The van der Waals surface area contributed by atoms with Gasteiger partial charge in [0.05, 0.1) is 31.0 Å². The first-order valence-corrected chi connectivity index (χ1v) is 3.50. The van der Waals surface area contributed by atoms with E-state index in [4.69, 9.17) is 21.1 Å². The normalized spacial score (nSPS) is 51.5. The molecule has 0 bridgehead atoms. The summed E-state index contributed by atoms with van der Waals surface area (Å²) in [7, 11) is 0. The first-order valence-electron chi connectivity index (χ1n) is 3.50. The minimum atomic E-state index is -1.14. The van der Waals surface area contributed by atoms with Crippen LogP contribution in [-0.2, 0) is 0 Å². The van der Waals surface area contributed by atoms with Gasteiger partial charge in [-0.1, -0.05) is 0 Å². The first-order chi connectivity index (χ1) is 5.09. The van der Waals surface area contributed by atoms with Crippen LogP contribution in [0.25, 0.3) is 0 Å². The summed E-state index contributed by atoms with van der Waals surface area (Å²) < 4.78 is 0. The van der Waals surface area contributed by atoms with Crippen molar-refractivity contribution >= 4 is 0 Å². The molecule has 5 heteroatoms. The predicted molar refractivity (Wildman–Crippen MR) is 36.6 cm³/mol. The van der Waals surface area contributed by atoms with Crippen LogP contribution in [0, 0.1) is 5.92 Å². The lowest BCUT2D eigenvalue weighted by Gasteiger charge is -2.14. The van der Waals surface area contributed by atoms with Crippen LogP contribution in [0.1, 0.15) is 0 Å². The number of aliphatic hydroxyl groups is 4. The predicted octanol–water partition coefficient (Wildman–Crippen LogP) is -2.98. The second-order valence-electron chi connectivity index (χ2n) is 2.90. The van der Waals surface area contributed by atoms with Crippen molar-refractivity contribution in [1.82, 2.24) is 0 Å². The van der Waals surface area contributed by atoms with Crippen molar-refractivity contribution in [1.29, 1.82) is 0 Å². The Kier molecular flexibility index (Phi) is 2.46. The zero-order valence-electron chi connectivity index (χ0n) is 5.96. The molecule has 66 valence electrons. The molecule has 1 aliphatic rings. The zero-order valence-corrected chi connectivity index (χ0v) is 5.96. The van der Waals surface area contributed by atoms with Crippen LogP contribution in [0.4, 0.5) is 0 Å². The van der Waals surface area contributed by atoms with Gasteiger partial charge in [-0.25, -0.2) is 0 Å². The molecule has 1 aliphatic carbocycles. The van der Waals surface area contributed by atoms with Crippen molar-refractivity contribution in [3.8, 4) is 0 Å². The van der Waals surface area contributed by atoms with E-state index in [0.29, 0.717) is 0 Å². The Morgan fingerprint density at radius 1 is 1.00 bits per heavy atom. The highest BCUT2D eigenvalue weighted by atomic mass is 16.3. The van der Waals surface area contributed by atoms with Crippen LogP contribution in [0.2, 0.25) is 0 Å². The third-order valence-electron chi connectivity index (χ3n) is 2.23. The molecule has 0 aromatic heterocycles. The molecule has 0 spiro atoms. The summed E-state index contributed by atoms with van der Waals surface area (Å²) in [6.07, 6.45) is -3.28. The lowest BCUT2D eigenvalue weighted by Crippen LogP contribution is -2.40. The highest BCUT2D eigenvalue weighted by molar-refractivity contribution is 5.00. The summed E-state index contributed by atoms with van der Waals surface area (Å²) in [6.45, 7) is -0.368. The molecular weight excluding hydrogens is 150 g/mol. The Balaban J connectivity index is 2.69. The molecule has 0 aromatic carbocycles. The summed E-state index contributed by atoms with van der Waals surface area (Å²) in [6, 6.07) is -0.859. The summed E-state index contributed by atoms with van der Waals surface area (Å²) in [5.74, 6) is -0.722. The maximum Gasteiger partial charge on any atom is 0.0979 e. The first kappa shape index (κ1) is 8.89. The van der Waals surface area contributed by atoms with Gasteiger partial charge in [-0.2, -0.15) is 0 Å². The Morgan fingerprint density at radius 3 is 1.73 bits per heavy atom. The Bertz CT molecular complexity index is 129. The minimum absolute atomic E-state index is 0.368. The van der Waals surface area contributed by atoms with Crippen LogP contribution in [-0.4, -0.2) is 51.4 Å². The van der Waals surface area contributed by atoms with Crippen molar-refractivity contribution in [2.24, 2.45) is 11.7 Å². The van der Waals surface area contributed by atoms with E-state index in [1.54, 1.807) is 0 Å². The highest BCUT2D eigenvalue weighted by Gasteiger charge is 2.46. The smallest absolute Gasteiger partial charge is 0.0979 e. The molecule has 0 aliphatic heterocycles. The van der Waals surface area contributed by atoms with Crippen LogP contribution in [0.5, 0.6) is 0 Å². The van der Waals surface area contributed by atoms with Gasteiger partial charge in [-0.05, 0) is 0 Å². The molecule has 0 aromatic rings. The van der Waals surface area contributed by atoms with E-state index in [1.165, 1.54) is 0 Å². The van der Waals surface area contributed by atoms with E-state index in [2.05, 4.69) is 0 Å². The van der Waals surface area contributed by atoms with Gasteiger partial charge in [0.1, 0.15) is 0 Å². The molecule has 5 nitrogen and oxygen atoms in total. The molecule has 0 radical (unpaired) electrons. The van der Waals surface area contributed by atoms with Gasteiger partial charge in [0.2, 0.25) is 0 Å². The van der Waals surface area contributed by atoms with Crippen LogP contribution >= 0.6 is 0 Å². The van der Waals surface area contributed by atoms with Crippen LogP contribution in [0.15, 0.2) is 0 Å². The van der Waals surface area contributed by atoms with E-state index < -0.39 is 30.3 Å². The SMILES string of the molecule is N[C@H]1[C@@H](O)[C@@H](O)[C@@H](CO)[C@@H]1O. The van der Waals surface area contributed by atoms with Gasteiger partial charge in [0.15, 0.2) is 0 Å². The van der Waals surface area contributed by atoms with Crippen molar-refractivity contribution in [3.63, 3.8) is 0 Å². The lowest BCUT2D eigenvalue weighted by molar-refractivity contribution is -0.00635. The van der Waals surface area contributed by atoms with E-state index in [9.17, 15) is 5.11 Å². The molecule has 5 atom stereocenters. The van der Waals surface area contributed by atoms with Crippen LogP contribution in [0.3, 0.4) is 0 Å². The second kappa shape index (κ2) is 3.04. The number of hydrogen-bond donors (Lipinski definition) is 5. The molecular formula is C6H13NO4. The highest BCUT2D eigenvalue weighted by Crippen LogP contribution is 2.25. The molecule has 0 heterocycles. The Hall–Kier alpha value is -0.200. The Labute approximate surface area is 64.1 Å². The third-order valence-corrected chi connectivity index (χ3v) is 2.23. The quantitative estimate of drug-likeness (QED) is 0.283. The van der Waals surface area contributed by atoms with E-state index in [1.807, 2.05) is 0 Å². The number of hydrogen-bond acceptors (Lipinski definition) is 5. The number of nitrogens with two attached hydrogens (primary N) is 1. The van der Waals surface area contributed by atoms with Crippen LogP contribution < -0.4 is 5.73 Å². The van der Waals surface area contributed by atoms with E-state index >= 15 is 0 Å². The maximum atomic E-state index is 9.19. The van der Waals surface area contributed by atoms with Gasteiger partial charge < -0.3 is 26.2 Å². The molecule has 1 rings (SSSR count). The lowest BCUT2D eigenvalue weighted by atomic mass is 10.1. The fourth-order valence-electron chi connectivity index (χ4n) is 1.39. The van der Waals surface area contributed by atoms with Gasteiger partial charge in [-0.15, -0.1) is 0 Å². The second-order valence-corrected chi connectivity index (χ2v) is 2.90. The molecule has 1 saturated carbocycles. The summed E-state index contributed by atoms with van der Waals surface area (Å²) in [5, 5.41) is 36.1. The maximum absolute atomic E-state index is 9.19. The van der Waals surface area contributed by atoms with Gasteiger partial charge >= 0.3 is 0 Å². The van der Waals surface area contributed by atoms with Gasteiger partial charge in [0, 0.05) is 5.92 Å². The monoisotopic (exact) mass is 163 g/mol.